The maximum Gasteiger partial charge on any atom is 0.309 e. The molecule has 0 radical (unpaired) electrons. The Labute approximate surface area is 174 Å². The Morgan fingerprint density at radius 2 is 2.07 bits per heavy atom. The van der Waals surface area contributed by atoms with E-state index in [2.05, 4.69) is 36.4 Å². The monoisotopic (exact) mass is 417 g/mol. The van der Waals surface area contributed by atoms with Crippen molar-refractivity contribution in [1.82, 2.24) is 0 Å². The topological polar surface area (TPSA) is 65.0 Å². The molecule has 0 saturated carbocycles. The van der Waals surface area contributed by atoms with E-state index in [-0.39, 0.29) is 30.3 Å². The van der Waals surface area contributed by atoms with Gasteiger partial charge in [-0.05, 0) is 37.8 Å². The van der Waals surface area contributed by atoms with Crippen LogP contribution in [0.1, 0.15) is 40.0 Å². The summed E-state index contributed by atoms with van der Waals surface area (Å²) in [5.74, 6) is 0.00328. The summed E-state index contributed by atoms with van der Waals surface area (Å²) < 4.78 is 30.6. The predicted octanol–water partition coefficient (Wildman–Crippen LogP) is 4.74. The van der Waals surface area contributed by atoms with Crippen LogP contribution in [0.15, 0.2) is 62.7 Å². The third-order valence-electron chi connectivity index (χ3n) is 5.70. The summed E-state index contributed by atoms with van der Waals surface area (Å²) in [7, 11) is -1.35. The first-order valence-corrected chi connectivity index (χ1v) is 11.8. The van der Waals surface area contributed by atoms with Crippen molar-refractivity contribution in [3.8, 4) is 0 Å². The number of allylic oxidation sites excluding steroid dienone is 1. The fraction of sp³-hybridized carbons (Fsp3) is 0.522. The van der Waals surface area contributed by atoms with Crippen molar-refractivity contribution < 1.29 is 18.5 Å². The highest BCUT2D eigenvalue weighted by Crippen LogP contribution is 2.47. The van der Waals surface area contributed by atoms with E-state index in [1.807, 2.05) is 30.3 Å². The maximum absolute atomic E-state index is 14.3. The fourth-order valence-electron chi connectivity index (χ4n) is 4.23. The van der Waals surface area contributed by atoms with Crippen LogP contribution in [0, 0.1) is 11.8 Å². The zero-order valence-corrected chi connectivity index (χ0v) is 18.5. The summed E-state index contributed by atoms with van der Waals surface area (Å²) in [6.45, 7) is 6.35. The number of hydrogen-bond acceptors (Lipinski definition) is 5. The molecule has 0 aliphatic carbocycles. The molecule has 0 aromatic heterocycles. The Kier molecular flexibility index (Phi) is 6.64. The van der Waals surface area contributed by atoms with Crippen LogP contribution in [0.5, 0.6) is 0 Å². The van der Waals surface area contributed by atoms with Gasteiger partial charge in [0.1, 0.15) is 15.3 Å². The molecule has 0 amide bonds. The van der Waals surface area contributed by atoms with Crippen LogP contribution in [0.3, 0.4) is 0 Å². The summed E-state index contributed by atoms with van der Waals surface area (Å²) in [4.78, 5) is 13.8. The highest BCUT2D eigenvalue weighted by Gasteiger charge is 2.49. The van der Waals surface area contributed by atoms with E-state index >= 15 is 0 Å². The molecule has 3 rings (SSSR count). The number of rotatable bonds is 6. The minimum absolute atomic E-state index is 0.0367. The number of benzene rings is 1. The van der Waals surface area contributed by atoms with Gasteiger partial charge in [-0.15, -0.1) is 0 Å². The molecule has 0 N–H and O–H groups in total. The quantitative estimate of drug-likeness (QED) is 0.495. The number of carbonyl (C=O) groups excluding carboxylic acids is 1. The van der Waals surface area contributed by atoms with Gasteiger partial charge in [-0.1, -0.05) is 50.3 Å². The van der Waals surface area contributed by atoms with Gasteiger partial charge >= 0.3 is 5.97 Å². The molecule has 0 fully saturated rings. The first-order chi connectivity index (χ1) is 13.9. The van der Waals surface area contributed by atoms with Gasteiger partial charge in [-0.3, -0.25) is 4.79 Å². The zero-order valence-electron chi connectivity index (χ0n) is 17.7. The first-order valence-electron chi connectivity index (χ1n) is 10.3. The van der Waals surface area contributed by atoms with Crippen LogP contribution >= 0.6 is 0 Å². The normalized spacial score (nSPS) is 28.2. The van der Waals surface area contributed by atoms with Gasteiger partial charge in [0.25, 0.3) is 0 Å². The largest absolute Gasteiger partial charge is 0.466 e. The third-order valence-corrected chi connectivity index (χ3v) is 8.23. The van der Waals surface area contributed by atoms with E-state index in [0.717, 1.165) is 6.42 Å². The molecule has 2 bridgehead atoms. The lowest BCUT2D eigenvalue weighted by atomic mass is 9.83. The van der Waals surface area contributed by atoms with Crippen molar-refractivity contribution in [2.24, 2.45) is 16.2 Å². The number of carbonyl (C=O) groups is 1. The first kappa shape index (κ1) is 21.8. The van der Waals surface area contributed by atoms with Crippen molar-refractivity contribution in [2.75, 3.05) is 13.7 Å². The highest BCUT2D eigenvalue weighted by atomic mass is 32.2. The average molecular weight is 418 g/mol. The molecule has 29 heavy (non-hydrogen) atoms. The van der Waals surface area contributed by atoms with Gasteiger partial charge in [0.15, 0.2) is 0 Å². The van der Waals surface area contributed by atoms with E-state index in [9.17, 15) is 9.00 Å². The molecule has 2 aliphatic heterocycles. The Morgan fingerprint density at radius 1 is 1.34 bits per heavy atom. The van der Waals surface area contributed by atoms with Crippen molar-refractivity contribution in [1.29, 1.82) is 0 Å². The lowest BCUT2D eigenvalue weighted by Gasteiger charge is -2.44. The molecule has 2 heterocycles. The molecule has 0 spiro atoms. The van der Waals surface area contributed by atoms with Gasteiger partial charge in [-0.2, -0.15) is 0 Å². The molecular formula is C23H31NO4S. The second kappa shape index (κ2) is 8.84. The molecular weight excluding hydrogens is 386 g/mol. The predicted molar refractivity (Wildman–Crippen MR) is 115 cm³/mol. The second-order valence-electron chi connectivity index (χ2n) is 7.90. The van der Waals surface area contributed by atoms with Gasteiger partial charge in [-0.25, -0.2) is 8.57 Å². The summed E-state index contributed by atoms with van der Waals surface area (Å²) in [6, 6.07) is 9.28. The molecule has 1 aromatic carbocycles. The maximum atomic E-state index is 14.3. The van der Waals surface area contributed by atoms with Crippen LogP contribution in [0.25, 0.3) is 0 Å². The van der Waals surface area contributed by atoms with Crippen molar-refractivity contribution in [2.45, 2.75) is 56.6 Å². The molecule has 1 unspecified atom stereocenters. The van der Waals surface area contributed by atoms with Gasteiger partial charge < -0.3 is 9.47 Å². The Bertz CT molecular complexity index is 912. The summed E-state index contributed by atoms with van der Waals surface area (Å²) in [6.07, 6.45) is 7.45. The Morgan fingerprint density at radius 3 is 2.69 bits per heavy atom. The molecule has 0 saturated heterocycles. The summed E-state index contributed by atoms with van der Waals surface area (Å²) in [5.41, 5.74) is -0.988. The van der Waals surface area contributed by atoms with Crippen molar-refractivity contribution >= 4 is 15.7 Å². The van der Waals surface area contributed by atoms with Crippen molar-refractivity contribution in [3.05, 3.63) is 53.5 Å². The number of esters is 1. The van der Waals surface area contributed by atoms with Crippen molar-refractivity contribution in [3.63, 3.8) is 0 Å². The minimum atomic E-state index is -2.93. The van der Waals surface area contributed by atoms with E-state index in [0.29, 0.717) is 22.8 Å². The Hall–Kier alpha value is -1.92. The molecule has 1 aromatic rings. The average Bonchev–Trinajstić information content (AvgIpc) is 2.87. The standard InChI is InChI=1S/C23H31NO4S/c1-5-27-22(25)16-23-14-10-9-13-20(28-23)19(17(2)3)15-21(23)29(26,24-4)18-11-7-6-8-12-18/h6-9,11-13,15,17,19-20H,5,10,14,16H2,1-4H3/t19-,20-,23-,29?/m0/s1. The van der Waals surface area contributed by atoms with Gasteiger partial charge in [0.05, 0.1) is 28.9 Å². The van der Waals surface area contributed by atoms with E-state index in [4.69, 9.17) is 9.47 Å². The number of ether oxygens (including phenoxy) is 2. The van der Waals surface area contributed by atoms with E-state index < -0.39 is 15.3 Å². The third kappa shape index (κ3) is 4.19. The summed E-state index contributed by atoms with van der Waals surface area (Å²) >= 11 is 0. The van der Waals surface area contributed by atoms with E-state index in [1.54, 1.807) is 14.0 Å². The lowest BCUT2D eigenvalue weighted by molar-refractivity contribution is -0.153. The molecule has 5 nitrogen and oxygen atoms in total. The second-order valence-corrected chi connectivity index (χ2v) is 10.2. The molecule has 6 heteroatoms. The number of nitrogens with zero attached hydrogens (tertiary/aromatic N) is 1. The lowest BCUT2D eigenvalue weighted by Crippen LogP contribution is -2.48. The van der Waals surface area contributed by atoms with Crippen LogP contribution < -0.4 is 0 Å². The van der Waals surface area contributed by atoms with Crippen LogP contribution in [-0.4, -0.2) is 35.5 Å². The van der Waals surface area contributed by atoms with E-state index in [1.165, 1.54) is 0 Å². The SMILES string of the molecule is CCOC(=O)C[C@]12CCC=C[C@H](O1)[C@H](C(C)C)C=C2S(=O)(=NC)c1ccccc1. The summed E-state index contributed by atoms with van der Waals surface area (Å²) in [5, 5.41) is 0. The molecule has 4 atom stereocenters. The zero-order chi connectivity index (χ0) is 21.1. The highest BCUT2D eigenvalue weighted by molar-refractivity contribution is 7.97. The van der Waals surface area contributed by atoms with Crippen LogP contribution in [-0.2, 0) is 24.0 Å². The minimum Gasteiger partial charge on any atom is -0.466 e. The van der Waals surface area contributed by atoms with Gasteiger partial charge in [0.2, 0.25) is 0 Å². The van der Waals surface area contributed by atoms with Gasteiger partial charge in [0, 0.05) is 13.0 Å². The smallest absolute Gasteiger partial charge is 0.309 e. The van der Waals surface area contributed by atoms with Crippen LogP contribution in [0.4, 0.5) is 0 Å². The van der Waals surface area contributed by atoms with Crippen LogP contribution in [0.2, 0.25) is 0 Å². The molecule has 158 valence electrons. The Balaban J connectivity index is 2.22. The fourth-order valence-corrected chi connectivity index (χ4v) is 6.49. The number of fused-ring (bicyclic) bond motifs is 2. The number of hydrogen-bond donors (Lipinski definition) is 0. The molecule has 2 aliphatic rings.